The van der Waals surface area contributed by atoms with Gasteiger partial charge < -0.3 is 14.2 Å². The first-order valence-corrected chi connectivity index (χ1v) is 23.9. The molecule has 1 atom stereocenters. The molecule has 0 N–H and O–H groups in total. The normalized spacial score (nSPS) is 15.0. The summed E-state index contributed by atoms with van der Waals surface area (Å²) in [7, 11) is 0. The van der Waals surface area contributed by atoms with E-state index in [0.717, 1.165) is 105 Å². The van der Waals surface area contributed by atoms with Crippen molar-refractivity contribution in [1.82, 2.24) is 24.5 Å². The third-order valence-electron chi connectivity index (χ3n) is 14.1. The zero-order valence-corrected chi connectivity index (χ0v) is 37.6. The van der Waals surface area contributed by atoms with E-state index in [1.165, 1.54) is 16.3 Å². The maximum atomic E-state index is 7.26. The van der Waals surface area contributed by atoms with Crippen molar-refractivity contribution in [3.8, 4) is 51.3 Å². The Morgan fingerprint density at radius 1 is 0.464 bits per heavy atom. The summed E-state index contributed by atoms with van der Waals surface area (Å²) in [4.78, 5) is 25.6. The zero-order valence-electron chi connectivity index (χ0n) is 36.8. The van der Waals surface area contributed by atoms with Gasteiger partial charge in [-0.1, -0.05) is 151 Å². The van der Waals surface area contributed by atoms with Gasteiger partial charge in [0.15, 0.2) is 5.82 Å². The second kappa shape index (κ2) is 14.6. The second-order valence-electron chi connectivity index (χ2n) is 17.7. The SMILES string of the molecule is c1ccc(-c2nc(-c3ccc4c(n3)-c3ncccc3C43c4ccccc4Oc4c3ccc3c4Sc4ccccc4N3c3ccc4c5ccccc5n(-c5ccccc5)c4c3)nc3ccccc23)cc1. The van der Waals surface area contributed by atoms with Crippen molar-refractivity contribution in [3.05, 3.63) is 241 Å². The van der Waals surface area contributed by atoms with Gasteiger partial charge in [-0.15, -0.1) is 0 Å². The Hall–Kier alpha value is -8.85. The molecule has 7 nitrogen and oxygen atoms in total. The number of fused-ring (bicyclic) bond motifs is 16. The number of pyridine rings is 2. The van der Waals surface area contributed by atoms with Gasteiger partial charge in [0.05, 0.1) is 55.3 Å². The molecule has 0 saturated heterocycles. The van der Waals surface area contributed by atoms with Gasteiger partial charge >= 0.3 is 0 Å². The number of benzene rings is 8. The maximum Gasteiger partial charge on any atom is 0.179 e. The van der Waals surface area contributed by atoms with Crippen molar-refractivity contribution in [2.24, 2.45) is 0 Å². The first kappa shape index (κ1) is 38.3. The largest absolute Gasteiger partial charge is 0.455 e. The van der Waals surface area contributed by atoms with Crippen LogP contribution in [-0.2, 0) is 5.41 Å². The zero-order chi connectivity index (χ0) is 45.2. The molecule has 1 unspecified atom stereocenters. The average Bonchev–Trinajstić information content (AvgIpc) is 3.90. The molecule has 8 heteroatoms. The Bertz CT molecular complexity index is 4120. The van der Waals surface area contributed by atoms with Gasteiger partial charge in [-0.2, -0.15) is 0 Å². The Labute approximate surface area is 401 Å². The molecule has 322 valence electrons. The molecule has 8 aromatic carbocycles. The number of para-hydroxylation sites is 5. The quantitative estimate of drug-likeness (QED) is 0.174. The Kier molecular flexibility index (Phi) is 8.08. The van der Waals surface area contributed by atoms with Crippen LogP contribution in [0.25, 0.3) is 72.6 Å². The highest BCUT2D eigenvalue weighted by molar-refractivity contribution is 7.99. The lowest BCUT2D eigenvalue weighted by atomic mass is 9.66. The minimum atomic E-state index is -0.791. The summed E-state index contributed by atoms with van der Waals surface area (Å²) >= 11 is 1.76. The predicted octanol–water partition coefficient (Wildman–Crippen LogP) is 15.3. The molecule has 2 aliphatic heterocycles. The lowest BCUT2D eigenvalue weighted by Crippen LogP contribution is -2.33. The van der Waals surface area contributed by atoms with Gasteiger partial charge in [0.1, 0.15) is 17.2 Å². The van der Waals surface area contributed by atoms with E-state index in [2.05, 4.69) is 179 Å². The molecule has 15 rings (SSSR count). The maximum absolute atomic E-state index is 7.26. The number of hydrogen-bond donors (Lipinski definition) is 0. The molecule has 69 heavy (non-hydrogen) atoms. The molecule has 0 saturated carbocycles. The number of rotatable bonds is 4. The van der Waals surface area contributed by atoms with Crippen molar-refractivity contribution >= 4 is 61.5 Å². The highest BCUT2D eigenvalue weighted by Crippen LogP contribution is 2.65. The summed E-state index contributed by atoms with van der Waals surface area (Å²) in [6.45, 7) is 0. The third-order valence-corrected chi connectivity index (χ3v) is 15.3. The molecule has 1 spiro atoms. The summed E-state index contributed by atoms with van der Waals surface area (Å²) < 4.78 is 9.64. The molecule has 3 aliphatic rings. The fraction of sp³-hybridized carbons (Fsp3) is 0.0164. The van der Waals surface area contributed by atoms with E-state index in [1.807, 2.05) is 48.7 Å². The van der Waals surface area contributed by atoms with Crippen LogP contribution in [0.3, 0.4) is 0 Å². The summed E-state index contributed by atoms with van der Waals surface area (Å²) in [6.07, 6.45) is 1.87. The highest BCUT2D eigenvalue weighted by atomic mass is 32.2. The van der Waals surface area contributed by atoms with Crippen LogP contribution >= 0.6 is 11.8 Å². The highest BCUT2D eigenvalue weighted by Gasteiger charge is 2.53. The first-order chi connectivity index (χ1) is 34.2. The van der Waals surface area contributed by atoms with Crippen LogP contribution < -0.4 is 9.64 Å². The summed E-state index contributed by atoms with van der Waals surface area (Å²) in [5, 5.41) is 3.42. The van der Waals surface area contributed by atoms with Crippen LogP contribution in [0.4, 0.5) is 17.1 Å². The van der Waals surface area contributed by atoms with Crippen LogP contribution in [0.15, 0.2) is 228 Å². The number of aromatic nitrogens is 5. The molecule has 0 bridgehead atoms. The van der Waals surface area contributed by atoms with E-state index in [1.54, 1.807) is 11.8 Å². The van der Waals surface area contributed by atoms with E-state index in [4.69, 9.17) is 24.7 Å². The Morgan fingerprint density at radius 3 is 2.10 bits per heavy atom. The first-order valence-electron chi connectivity index (χ1n) is 23.1. The number of hydrogen-bond acceptors (Lipinski definition) is 7. The molecule has 0 fully saturated rings. The second-order valence-corrected chi connectivity index (χ2v) is 18.8. The van der Waals surface area contributed by atoms with Gasteiger partial charge in [-0.05, 0) is 83.9 Å². The summed E-state index contributed by atoms with van der Waals surface area (Å²) in [5.74, 6) is 2.19. The molecular weight excluding hydrogens is 865 g/mol. The van der Waals surface area contributed by atoms with Crippen LogP contribution in [-0.4, -0.2) is 24.5 Å². The fourth-order valence-electron chi connectivity index (χ4n) is 11.2. The Morgan fingerprint density at radius 2 is 1.19 bits per heavy atom. The van der Waals surface area contributed by atoms with Crippen LogP contribution in [0.1, 0.15) is 22.3 Å². The Balaban J connectivity index is 0.947. The van der Waals surface area contributed by atoms with Crippen molar-refractivity contribution in [2.75, 3.05) is 4.90 Å². The molecule has 4 aromatic heterocycles. The van der Waals surface area contributed by atoms with Crippen LogP contribution in [0, 0.1) is 0 Å². The molecule has 0 amide bonds. The van der Waals surface area contributed by atoms with E-state index in [-0.39, 0.29) is 0 Å². The molecule has 1 aliphatic carbocycles. The average molecular weight is 901 g/mol. The molecule has 12 aromatic rings. The topological polar surface area (TPSA) is 69.0 Å². The van der Waals surface area contributed by atoms with Gasteiger partial charge in [0.2, 0.25) is 0 Å². The summed E-state index contributed by atoms with van der Waals surface area (Å²) in [5.41, 5.74) is 15.2. The smallest absolute Gasteiger partial charge is 0.179 e. The van der Waals surface area contributed by atoms with E-state index in [0.29, 0.717) is 11.5 Å². The van der Waals surface area contributed by atoms with Crippen molar-refractivity contribution in [2.45, 2.75) is 15.2 Å². The number of anilines is 3. The van der Waals surface area contributed by atoms with E-state index >= 15 is 0 Å². The molecule has 0 radical (unpaired) electrons. The standard InChI is InChI=1S/C61H36N6OS/c1-3-16-37(17-4-1)55-42-21-7-10-24-47(42)64-60(65-55)48-33-31-45-57(63-48)56-44(23-15-35-62-56)61(45)43-22-9-13-27-53(43)68-58-46(61)32-34-51-59(58)69-54-28-14-12-26-50(54)67(51)39-29-30-41-40-20-8-11-25-49(40)66(52(41)36-39)38-18-5-2-6-19-38/h1-36H. The minimum Gasteiger partial charge on any atom is -0.455 e. The van der Waals surface area contributed by atoms with Crippen molar-refractivity contribution < 1.29 is 4.74 Å². The lowest BCUT2D eigenvalue weighted by molar-refractivity contribution is 0.426. The molecule has 6 heterocycles. The summed E-state index contributed by atoms with van der Waals surface area (Å²) in [6, 6.07) is 75.0. The van der Waals surface area contributed by atoms with Gasteiger partial charge in [0.25, 0.3) is 0 Å². The lowest BCUT2D eigenvalue weighted by Gasteiger charge is -2.41. The predicted molar refractivity (Wildman–Crippen MR) is 277 cm³/mol. The molecular formula is C61H36N6OS. The van der Waals surface area contributed by atoms with Crippen molar-refractivity contribution in [1.29, 1.82) is 0 Å². The third kappa shape index (κ3) is 5.40. The van der Waals surface area contributed by atoms with Gasteiger partial charge in [-0.25, -0.2) is 15.0 Å². The van der Waals surface area contributed by atoms with Gasteiger partial charge in [0, 0.05) is 55.3 Å². The fourth-order valence-corrected chi connectivity index (χ4v) is 12.4. The van der Waals surface area contributed by atoms with E-state index in [9.17, 15) is 0 Å². The van der Waals surface area contributed by atoms with Crippen molar-refractivity contribution in [3.63, 3.8) is 0 Å². The minimum absolute atomic E-state index is 0.563. The monoisotopic (exact) mass is 900 g/mol. The van der Waals surface area contributed by atoms with Crippen LogP contribution in [0.2, 0.25) is 0 Å². The van der Waals surface area contributed by atoms with Crippen LogP contribution in [0.5, 0.6) is 11.5 Å². The van der Waals surface area contributed by atoms with E-state index < -0.39 is 5.41 Å². The number of nitrogens with zero attached hydrogens (tertiary/aromatic N) is 6. The number of ether oxygens (including phenoxy) is 1. The van der Waals surface area contributed by atoms with Gasteiger partial charge in [-0.3, -0.25) is 4.98 Å².